The molecule has 3 heteroatoms. The van der Waals surface area contributed by atoms with Crippen LogP contribution in [-0.4, -0.2) is 36.5 Å². The second-order valence-corrected chi connectivity index (χ2v) is 4.54. The number of carbonyl (C=O) groups excluding carboxylic acids is 1. The molecule has 1 aliphatic carbocycles. The molecule has 1 saturated heterocycles. The van der Waals surface area contributed by atoms with E-state index in [1.807, 2.05) is 11.9 Å². The van der Waals surface area contributed by atoms with Gasteiger partial charge in [0.05, 0.1) is 6.04 Å². The second-order valence-electron chi connectivity index (χ2n) is 4.54. The van der Waals surface area contributed by atoms with Gasteiger partial charge in [0.25, 0.3) is 0 Å². The summed E-state index contributed by atoms with van der Waals surface area (Å²) in [6, 6.07) is 0.630. The molecule has 2 aliphatic rings. The van der Waals surface area contributed by atoms with Gasteiger partial charge in [-0.1, -0.05) is 12.8 Å². The van der Waals surface area contributed by atoms with Gasteiger partial charge in [0.1, 0.15) is 0 Å². The topological polar surface area (TPSA) is 32.3 Å². The summed E-state index contributed by atoms with van der Waals surface area (Å²) >= 11 is 0. The normalized spacial score (nSPS) is 28.2. The molecule has 0 bridgehead atoms. The van der Waals surface area contributed by atoms with Crippen LogP contribution in [0.25, 0.3) is 0 Å². The first-order chi connectivity index (χ1) is 6.79. The maximum atomic E-state index is 12.0. The van der Waals surface area contributed by atoms with E-state index in [2.05, 4.69) is 5.32 Å². The minimum Gasteiger partial charge on any atom is -0.341 e. The van der Waals surface area contributed by atoms with E-state index in [0.29, 0.717) is 11.9 Å². The minimum atomic E-state index is 0.112. The maximum Gasteiger partial charge on any atom is 0.239 e. The molecular weight excluding hydrogens is 176 g/mol. The summed E-state index contributed by atoms with van der Waals surface area (Å²) < 4.78 is 0. The summed E-state index contributed by atoms with van der Waals surface area (Å²) in [5.74, 6) is 0.314. The lowest BCUT2D eigenvalue weighted by molar-refractivity contribution is -0.133. The molecule has 1 aliphatic heterocycles. The highest BCUT2D eigenvalue weighted by atomic mass is 16.2. The molecule has 3 nitrogen and oxygen atoms in total. The lowest BCUT2D eigenvalue weighted by Gasteiger charge is -2.27. The first kappa shape index (κ1) is 9.97. The van der Waals surface area contributed by atoms with E-state index in [4.69, 9.17) is 0 Å². The Morgan fingerprint density at radius 2 is 1.93 bits per heavy atom. The molecule has 0 radical (unpaired) electrons. The van der Waals surface area contributed by atoms with Crippen LogP contribution < -0.4 is 5.32 Å². The third-order valence-corrected chi connectivity index (χ3v) is 3.58. The third-order valence-electron chi connectivity index (χ3n) is 3.58. The van der Waals surface area contributed by atoms with Crippen molar-refractivity contribution in [1.82, 2.24) is 10.2 Å². The van der Waals surface area contributed by atoms with Gasteiger partial charge in [0.15, 0.2) is 0 Å². The fraction of sp³-hybridized carbons (Fsp3) is 0.909. The average molecular weight is 196 g/mol. The van der Waals surface area contributed by atoms with Gasteiger partial charge in [0.2, 0.25) is 5.91 Å². The van der Waals surface area contributed by atoms with Crippen molar-refractivity contribution < 1.29 is 4.79 Å². The number of carbonyl (C=O) groups is 1. The molecule has 2 fully saturated rings. The van der Waals surface area contributed by atoms with Gasteiger partial charge in [0, 0.05) is 13.1 Å². The van der Waals surface area contributed by atoms with Crippen molar-refractivity contribution in [3.05, 3.63) is 0 Å². The number of hydrogen-bond acceptors (Lipinski definition) is 2. The smallest absolute Gasteiger partial charge is 0.239 e. The van der Waals surface area contributed by atoms with Crippen LogP contribution in [0.2, 0.25) is 0 Å². The van der Waals surface area contributed by atoms with Crippen LogP contribution in [0.15, 0.2) is 0 Å². The Morgan fingerprint density at radius 1 is 1.21 bits per heavy atom. The zero-order valence-electron chi connectivity index (χ0n) is 8.96. The standard InChI is InChI=1S/C11H20N2O/c1-13(9-5-2-3-6-9)11(14)10-7-4-8-12-10/h9-10,12H,2-8H2,1H3/t10-/m0/s1. The molecule has 14 heavy (non-hydrogen) atoms. The van der Waals surface area contributed by atoms with Crippen molar-refractivity contribution in [2.24, 2.45) is 0 Å². The molecule has 0 spiro atoms. The van der Waals surface area contributed by atoms with Crippen molar-refractivity contribution in [3.8, 4) is 0 Å². The SMILES string of the molecule is CN(C(=O)[C@@H]1CCCN1)C1CCCC1. The van der Waals surface area contributed by atoms with E-state index in [0.717, 1.165) is 19.4 Å². The zero-order valence-corrected chi connectivity index (χ0v) is 8.96. The highest BCUT2D eigenvalue weighted by Gasteiger charge is 2.29. The number of rotatable bonds is 2. The zero-order chi connectivity index (χ0) is 9.97. The Balaban J connectivity index is 1.89. The van der Waals surface area contributed by atoms with E-state index in [1.54, 1.807) is 0 Å². The highest BCUT2D eigenvalue weighted by Crippen LogP contribution is 2.23. The molecular formula is C11H20N2O. The summed E-state index contributed by atoms with van der Waals surface area (Å²) in [6.07, 6.45) is 7.16. The molecule has 2 rings (SSSR count). The number of nitrogens with one attached hydrogen (secondary N) is 1. The number of amides is 1. The molecule has 0 aromatic heterocycles. The number of hydrogen-bond donors (Lipinski definition) is 1. The Bertz CT molecular complexity index is 205. The lowest BCUT2D eigenvalue weighted by atomic mass is 10.1. The quantitative estimate of drug-likeness (QED) is 0.718. The van der Waals surface area contributed by atoms with Gasteiger partial charge < -0.3 is 10.2 Å². The molecule has 1 N–H and O–H groups in total. The van der Waals surface area contributed by atoms with E-state index in [1.165, 1.54) is 25.7 Å². The van der Waals surface area contributed by atoms with Crippen LogP contribution >= 0.6 is 0 Å². The Kier molecular flexibility index (Phi) is 3.06. The van der Waals surface area contributed by atoms with E-state index in [9.17, 15) is 4.79 Å². The van der Waals surface area contributed by atoms with Gasteiger partial charge >= 0.3 is 0 Å². The molecule has 1 amide bonds. The van der Waals surface area contributed by atoms with Gasteiger partial charge in [-0.05, 0) is 32.2 Å². The molecule has 1 atom stereocenters. The monoisotopic (exact) mass is 196 g/mol. The van der Waals surface area contributed by atoms with Gasteiger partial charge in [-0.3, -0.25) is 4.79 Å². The Labute approximate surface area is 85.8 Å². The minimum absolute atomic E-state index is 0.112. The van der Waals surface area contributed by atoms with Crippen molar-refractivity contribution >= 4 is 5.91 Å². The number of likely N-dealkylation sites (N-methyl/N-ethyl adjacent to an activating group) is 1. The largest absolute Gasteiger partial charge is 0.341 e. The summed E-state index contributed by atoms with van der Waals surface area (Å²) in [6.45, 7) is 1.01. The number of nitrogens with zero attached hydrogens (tertiary/aromatic N) is 1. The van der Waals surface area contributed by atoms with Crippen LogP contribution in [0.1, 0.15) is 38.5 Å². The molecule has 0 aromatic carbocycles. The van der Waals surface area contributed by atoms with Gasteiger partial charge in [-0.15, -0.1) is 0 Å². The molecule has 0 unspecified atom stereocenters. The van der Waals surface area contributed by atoms with Crippen LogP contribution in [0, 0.1) is 0 Å². The highest BCUT2D eigenvalue weighted by molar-refractivity contribution is 5.82. The Morgan fingerprint density at radius 3 is 2.50 bits per heavy atom. The van der Waals surface area contributed by atoms with E-state index >= 15 is 0 Å². The van der Waals surface area contributed by atoms with Crippen LogP contribution in [0.5, 0.6) is 0 Å². The predicted molar refractivity (Wildman–Crippen MR) is 56.1 cm³/mol. The van der Waals surface area contributed by atoms with Crippen molar-refractivity contribution in [2.45, 2.75) is 50.6 Å². The third kappa shape index (κ3) is 1.92. The first-order valence-corrected chi connectivity index (χ1v) is 5.79. The lowest BCUT2D eigenvalue weighted by Crippen LogP contribution is -2.45. The van der Waals surface area contributed by atoms with Crippen molar-refractivity contribution in [1.29, 1.82) is 0 Å². The summed E-state index contributed by atoms with van der Waals surface area (Å²) in [5.41, 5.74) is 0. The van der Waals surface area contributed by atoms with Crippen LogP contribution in [0.3, 0.4) is 0 Å². The summed E-state index contributed by atoms with van der Waals surface area (Å²) in [7, 11) is 1.97. The molecule has 1 saturated carbocycles. The average Bonchev–Trinajstić information content (AvgIpc) is 2.87. The predicted octanol–water partition coefficient (Wildman–Crippen LogP) is 1.14. The van der Waals surface area contributed by atoms with Gasteiger partial charge in [-0.25, -0.2) is 0 Å². The van der Waals surface area contributed by atoms with Crippen molar-refractivity contribution in [2.75, 3.05) is 13.6 Å². The van der Waals surface area contributed by atoms with Crippen LogP contribution in [-0.2, 0) is 4.79 Å². The summed E-state index contributed by atoms with van der Waals surface area (Å²) in [4.78, 5) is 14.0. The second kappa shape index (κ2) is 4.30. The maximum absolute atomic E-state index is 12.0. The fourth-order valence-electron chi connectivity index (χ4n) is 2.61. The van der Waals surface area contributed by atoms with Crippen molar-refractivity contribution in [3.63, 3.8) is 0 Å². The molecule has 80 valence electrons. The first-order valence-electron chi connectivity index (χ1n) is 5.79. The molecule has 1 heterocycles. The summed E-state index contributed by atoms with van der Waals surface area (Å²) in [5, 5.41) is 3.27. The van der Waals surface area contributed by atoms with Gasteiger partial charge in [-0.2, -0.15) is 0 Å². The molecule has 0 aromatic rings. The van der Waals surface area contributed by atoms with E-state index in [-0.39, 0.29) is 6.04 Å². The van der Waals surface area contributed by atoms with E-state index < -0.39 is 0 Å². The Hall–Kier alpha value is -0.570. The fourth-order valence-corrected chi connectivity index (χ4v) is 2.61. The van der Waals surface area contributed by atoms with Crippen LogP contribution in [0.4, 0.5) is 0 Å².